The number of carbonyl (C=O) groups is 1. The van der Waals surface area contributed by atoms with Gasteiger partial charge in [0.1, 0.15) is 0 Å². The Kier molecular flexibility index (Phi) is 3.55. The quantitative estimate of drug-likeness (QED) is 0.897. The summed E-state index contributed by atoms with van der Waals surface area (Å²) in [4.78, 5) is 14.7. The van der Waals surface area contributed by atoms with E-state index in [0.717, 1.165) is 25.2 Å². The van der Waals surface area contributed by atoms with Crippen molar-refractivity contribution < 1.29 is 4.79 Å². The van der Waals surface area contributed by atoms with Gasteiger partial charge in [0.2, 0.25) is 0 Å². The Morgan fingerprint density at radius 2 is 1.95 bits per heavy atom. The van der Waals surface area contributed by atoms with E-state index in [2.05, 4.69) is 43.1 Å². The van der Waals surface area contributed by atoms with Gasteiger partial charge in [0.15, 0.2) is 0 Å². The Morgan fingerprint density at radius 3 is 2.55 bits per heavy atom. The minimum absolute atomic E-state index is 0.196. The molecule has 20 heavy (non-hydrogen) atoms. The molecule has 3 heteroatoms. The topological polar surface area (TPSA) is 32.3 Å². The third-order valence-electron chi connectivity index (χ3n) is 5.02. The highest BCUT2D eigenvalue weighted by molar-refractivity contribution is 5.94. The maximum Gasteiger partial charge on any atom is 0.254 e. The number of nitrogens with one attached hydrogen (secondary N) is 1. The van der Waals surface area contributed by atoms with Crippen molar-refractivity contribution in [3.05, 3.63) is 35.4 Å². The van der Waals surface area contributed by atoms with Gasteiger partial charge in [-0.15, -0.1) is 0 Å². The largest absolute Gasteiger partial charge is 0.335 e. The number of likely N-dealkylation sites (tertiary alicyclic amines) is 1. The average molecular weight is 272 g/mol. The zero-order chi connectivity index (χ0) is 14.3. The highest BCUT2D eigenvalue weighted by Crippen LogP contribution is 2.33. The molecule has 1 aromatic rings. The third-order valence-corrected chi connectivity index (χ3v) is 5.02. The van der Waals surface area contributed by atoms with Crippen LogP contribution in [0.2, 0.25) is 0 Å². The van der Waals surface area contributed by atoms with Crippen LogP contribution in [0, 0.1) is 11.8 Å². The van der Waals surface area contributed by atoms with Crippen LogP contribution in [0.1, 0.15) is 42.6 Å². The summed E-state index contributed by atoms with van der Waals surface area (Å²) in [5.74, 6) is 1.98. The molecule has 2 aliphatic heterocycles. The van der Waals surface area contributed by atoms with Gasteiger partial charge in [0.05, 0.1) is 0 Å². The standard InChI is InChI=1S/C17H24N2O/c1-11(2)13-4-6-14(7-5-13)17(20)19-10-15-8-18-9-16(15)12(19)3/h4-7,11-12,15-16,18H,8-10H2,1-3H3. The fourth-order valence-corrected chi connectivity index (χ4v) is 3.61. The van der Waals surface area contributed by atoms with Gasteiger partial charge < -0.3 is 10.2 Å². The highest BCUT2D eigenvalue weighted by Gasteiger charge is 2.43. The number of hydrogen-bond donors (Lipinski definition) is 1. The van der Waals surface area contributed by atoms with Crippen molar-refractivity contribution in [3.63, 3.8) is 0 Å². The Bertz CT molecular complexity index is 494. The fourth-order valence-electron chi connectivity index (χ4n) is 3.61. The molecule has 3 atom stereocenters. The van der Waals surface area contributed by atoms with Gasteiger partial charge in [0.25, 0.3) is 5.91 Å². The number of carbonyl (C=O) groups excluding carboxylic acids is 1. The first kappa shape index (κ1) is 13.6. The van der Waals surface area contributed by atoms with E-state index < -0.39 is 0 Å². The maximum atomic E-state index is 12.7. The normalized spacial score (nSPS) is 29.0. The second-order valence-corrected chi connectivity index (χ2v) is 6.56. The molecule has 0 spiro atoms. The van der Waals surface area contributed by atoms with Crippen molar-refractivity contribution in [2.24, 2.45) is 11.8 Å². The van der Waals surface area contributed by atoms with E-state index in [4.69, 9.17) is 0 Å². The summed E-state index contributed by atoms with van der Waals surface area (Å²) in [6.45, 7) is 9.57. The van der Waals surface area contributed by atoms with Crippen molar-refractivity contribution in [1.29, 1.82) is 0 Å². The minimum Gasteiger partial charge on any atom is -0.335 e. The number of nitrogens with zero attached hydrogens (tertiary/aromatic N) is 1. The number of rotatable bonds is 2. The van der Waals surface area contributed by atoms with Crippen molar-refractivity contribution in [1.82, 2.24) is 10.2 Å². The van der Waals surface area contributed by atoms with E-state index in [9.17, 15) is 4.79 Å². The van der Waals surface area contributed by atoms with Crippen LogP contribution in [0.5, 0.6) is 0 Å². The molecule has 2 aliphatic rings. The molecule has 1 aromatic carbocycles. The Labute approximate surface area is 121 Å². The number of benzene rings is 1. The van der Waals surface area contributed by atoms with Crippen LogP contribution in [0.3, 0.4) is 0 Å². The first-order valence-electron chi connectivity index (χ1n) is 7.69. The molecule has 0 bridgehead atoms. The molecule has 3 unspecified atom stereocenters. The summed E-state index contributed by atoms with van der Waals surface area (Å²) in [5, 5.41) is 3.44. The molecular weight excluding hydrogens is 248 g/mol. The van der Waals surface area contributed by atoms with Crippen LogP contribution in [0.4, 0.5) is 0 Å². The molecule has 0 saturated carbocycles. The molecule has 0 aromatic heterocycles. The van der Waals surface area contributed by atoms with Crippen molar-refractivity contribution in [3.8, 4) is 0 Å². The molecule has 2 saturated heterocycles. The van der Waals surface area contributed by atoms with Gasteiger partial charge in [-0.3, -0.25) is 4.79 Å². The van der Waals surface area contributed by atoms with E-state index >= 15 is 0 Å². The lowest BCUT2D eigenvalue weighted by Crippen LogP contribution is -2.38. The number of amides is 1. The number of fused-ring (bicyclic) bond motifs is 1. The molecule has 1 N–H and O–H groups in total. The fraction of sp³-hybridized carbons (Fsp3) is 0.588. The minimum atomic E-state index is 0.196. The van der Waals surface area contributed by atoms with Crippen LogP contribution in [-0.4, -0.2) is 36.5 Å². The second-order valence-electron chi connectivity index (χ2n) is 6.56. The molecule has 2 fully saturated rings. The Morgan fingerprint density at radius 1 is 1.25 bits per heavy atom. The van der Waals surface area contributed by atoms with Gasteiger partial charge in [0, 0.05) is 31.2 Å². The second kappa shape index (κ2) is 5.21. The van der Waals surface area contributed by atoms with Crippen LogP contribution in [0.15, 0.2) is 24.3 Å². The summed E-state index contributed by atoms with van der Waals surface area (Å²) in [6, 6.07) is 8.49. The first-order chi connectivity index (χ1) is 9.58. The van der Waals surface area contributed by atoms with Crippen LogP contribution in [0.25, 0.3) is 0 Å². The van der Waals surface area contributed by atoms with Crippen LogP contribution in [-0.2, 0) is 0 Å². The van der Waals surface area contributed by atoms with Gasteiger partial charge >= 0.3 is 0 Å². The van der Waals surface area contributed by atoms with E-state index in [-0.39, 0.29) is 5.91 Å². The summed E-state index contributed by atoms with van der Waals surface area (Å²) in [7, 11) is 0. The molecule has 108 valence electrons. The highest BCUT2D eigenvalue weighted by atomic mass is 16.2. The van der Waals surface area contributed by atoms with Crippen LogP contribution >= 0.6 is 0 Å². The summed E-state index contributed by atoms with van der Waals surface area (Å²) >= 11 is 0. The maximum absolute atomic E-state index is 12.7. The predicted molar refractivity (Wildman–Crippen MR) is 80.9 cm³/mol. The molecule has 2 heterocycles. The van der Waals surface area contributed by atoms with Crippen molar-refractivity contribution in [2.45, 2.75) is 32.7 Å². The zero-order valence-electron chi connectivity index (χ0n) is 12.6. The monoisotopic (exact) mass is 272 g/mol. The summed E-state index contributed by atoms with van der Waals surface area (Å²) in [5.41, 5.74) is 2.12. The summed E-state index contributed by atoms with van der Waals surface area (Å²) in [6.07, 6.45) is 0. The van der Waals surface area contributed by atoms with Gasteiger partial charge in [-0.05, 0) is 42.4 Å². The zero-order valence-corrected chi connectivity index (χ0v) is 12.6. The molecule has 3 nitrogen and oxygen atoms in total. The number of hydrogen-bond acceptors (Lipinski definition) is 2. The summed E-state index contributed by atoms with van der Waals surface area (Å²) < 4.78 is 0. The molecule has 0 radical (unpaired) electrons. The van der Waals surface area contributed by atoms with Gasteiger partial charge in [-0.25, -0.2) is 0 Å². The smallest absolute Gasteiger partial charge is 0.254 e. The SMILES string of the molecule is CC(C)c1ccc(C(=O)N2CC3CNCC3C2C)cc1. The van der Waals surface area contributed by atoms with E-state index in [0.29, 0.717) is 23.8 Å². The molecule has 3 rings (SSSR count). The van der Waals surface area contributed by atoms with Crippen LogP contribution < -0.4 is 5.32 Å². The predicted octanol–water partition coefficient (Wildman–Crippen LogP) is 2.49. The Balaban J connectivity index is 1.76. The average Bonchev–Trinajstić information content (AvgIpc) is 3.02. The van der Waals surface area contributed by atoms with E-state index in [1.807, 2.05) is 12.1 Å². The lowest BCUT2D eigenvalue weighted by Gasteiger charge is -2.24. The molecule has 0 aliphatic carbocycles. The van der Waals surface area contributed by atoms with Crippen molar-refractivity contribution in [2.75, 3.05) is 19.6 Å². The van der Waals surface area contributed by atoms with E-state index in [1.54, 1.807) is 0 Å². The third kappa shape index (κ3) is 2.24. The van der Waals surface area contributed by atoms with Crippen molar-refractivity contribution >= 4 is 5.91 Å². The van der Waals surface area contributed by atoms with Gasteiger partial charge in [-0.1, -0.05) is 26.0 Å². The first-order valence-corrected chi connectivity index (χ1v) is 7.69. The lowest BCUT2D eigenvalue weighted by molar-refractivity contribution is 0.0728. The van der Waals surface area contributed by atoms with Gasteiger partial charge in [-0.2, -0.15) is 0 Å². The van der Waals surface area contributed by atoms with E-state index in [1.165, 1.54) is 5.56 Å². The molecule has 1 amide bonds. The lowest BCUT2D eigenvalue weighted by atomic mass is 9.95. The molecular formula is C17H24N2O. The Hall–Kier alpha value is -1.35.